The van der Waals surface area contributed by atoms with Gasteiger partial charge >= 0.3 is 5.97 Å². The van der Waals surface area contributed by atoms with E-state index in [1.54, 1.807) is 19.1 Å². The zero-order valence-electron chi connectivity index (χ0n) is 16.2. The van der Waals surface area contributed by atoms with Crippen molar-refractivity contribution in [2.75, 3.05) is 18.0 Å². The van der Waals surface area contributed by atoms with Gasteiger partial charge in [0.15, 0.2) is 0 Å². The normalized spacial score (nSPS) is 15.7. The van der Waals surface area contributed by atoms with E-state index in [2.05, 4.69) is 11.0 Å². The van der Waals surface area contributed by atoms with Crippen LogP contribution in [-0.4, -0.2) is 30.5 Å². The lowest BCUT2D eigenvalue weighted by atomic mass is 9.74. The van der Waals surface area contributed by atoms with Gasteiger partial charge in [0, 0.05) is 18.5 Å². The summed E-state index contributed by atoms with van der Waals surface area (Å²) in [4.78, 5) is 25.7. The molecule has 2 aromatic carbocycles. The van der Waals surface area contributed by atoms with Gasteiger partial charge in [-0.05, 0) is 68.0 Å². The van der Waals surface area contributed by atoms with Gasteiger partial charge in [-0.2, -0.15) is 5.26 Å². The maximum atomic E-state index is 12.1. The van der Waals surface area contributed by atoms with E-state index < -0.39 is 11.4 Å². The first-order chi connectivity index (χ1) is 13.4. The number of nitrogens with zero attached hydrogens (tertiary/aromatic N) is 2. The van der Waals surface area contributed by atoms with Crippen LogP contribution in [-0.2, 0) is 11.2 Å². The number of carboxylic acid groups (broad SMARTS) is 1. The Kier molecular flexibility index (Phi) is 5.51. The second kappa shape index (κ2) is 7.85. The predicted octanol–water partition coefficient (Wildman–Crippen LogP) is 3.90. The second-order valence-electron chi connectivity index (χ2n) is 7.67. The Labute approximate surface area is 165 Å². The number of hydrogen-bond donors (Lipinski definition) is 1. The Bertz CT molecular complexity index is 951. The van der Waals surface area contributed by atoms with Crippen molar-refractivity contribution >= 4 is 17.9 Å². The molecule has 1 fully saturated rings. The largest absolute Gasteiger partial charge is 0.478 e. The smallest absolute Gasteiger partial charge is 0.335 e. The van der Waals surface area contributed by atoms with Crippen LogP contribution in [0, 0.1) is 30.6 Å². The van der Waals surface area contributed by atoms with Crippen molar-refractivity contribution < 1.29 is 14.7 Å². The standard InChI is InChI=1S/C23H24N2O3/c1-16-11-17(2)20(22(27)28)12-19(16)13-23(15-26)7-9-25(10-8-23)21-6-4-3-5-18(21)14-24/h3-6,11-12,15H,7-10,13H2,1-2H3,(H,27,28). The fourth-order valence-corrected chi connectivity index (χ4v) is 4.07. The molecule has 3 rings (SSSR count). The number of carbonyl (C=O) groups is 2. The number of nitriles is 1. The predicted molar refractivity (Wildman–Crippen MR) is 108 cm³/mol. The van der Waals surface area contributed by atoms with Gasteiger partial charge in [0.2, 0.25) is 0 Å². The summed E-state index contributed by atoms with van der Waals surface area (Å²) in [5.74, 6) is -0.943. The summed E-state index contributed by atoms with van der Waals surface area (Å²) in [6, 6.07) is 13.3. The van der Waals surface area contributed by atoms with Crippen LogP contribution in [0.3, 0.4) is 0 Å². The third kappa shape index (κ3) is 3.77. The Balaban J connectivity index is 1.82. The maximum absolute atomic E-state index is 12.1. The van der Waals surface area contributed by atoms with E-state index in [0.29, 0.717) is 43.5 Å². The number of carboxylic acids is 1. The van der Waals surface area contributed by atoms with E-state index in [-0.39, 0.29) is 0 Å². The summed E-state index contributed by atoms with van der Waals surface area (Å²) in [5.41, 5.74) is 4.00. The first-order valence-corrected chi connectivity index (χ1v) is 9.43. The van der Waals surface area contributed by atoms with E-state index in [4.69, 9.17) is 0 Å². The SMILES string of the molecule is Cc1cc(C)c(C(=O)O)cc1CC1(C=O)CCN(c2ccccc2C#N)CC1. The van der Waals surface area contributed by atoms with Crippen LogP contribution in [0.4, 0.5) is 5.69 Å². The topological polar surface area (TPSA) is 81.4 Å². The summed E-state index contributed by atoms with van der Waals surface area (Å²) >= 11 is 0. The fraction of sp³-hybridized carbons (Fsp3) is 0.348. The zero-order chi connectivity index (χ0) is 20.3. The molecule has 0 atom stereocenters. The summed E-state index contributed by atoms with van der Waals surface area (Å²) < 4.78 is 0. The number of para-hydroxylation sites is 1. The zero-order valence-corrected chi connectivity index (χ0v) is 16.2. The molecular formula is C23H24N2O3. The van der Waals surface area contributed by atoms with Gasteiger partial charge in [-0.1, -0.05) is 18.2 Å². The number of aromatic carboxylic acids is 1. The van der Waals surface area contributed by atoms with Gasteiger partial charge in [0.1, 0.15) is 12.4 Å². The fourth-order valence-electron chi connectivity index (χ4n) is 4.07. The number of aldehydes is 1. The number of rotatable bonds is 5. The number of piperidine rings is 1. The molecule has 5 nitrogen and oxygen atoms in total. The Morgan fingerprint density at radius 1 is 1.21 bits per heavy atom. The van der Waals surface area contributed by atoms with Crippen LogP contribution in [0.15, 0.2) is 36.4 Å². The molecule has 0 unspecified atom stereocenters. The number of hydrogen-bond acceptors (Lipinski definition) is 4. The van der Waals surface area contributed by atoms with Crippen LogP contribution in [0.5, 0.6) is 0 Å². The van der Waals surface area contributed by atoms with Crippen LogP contribution in [0.1, 0.15) is 45.5 Å². The molecule has 28 heavy (non-hydrogen) atoms. The number of aryl methyl sites for hydroxylation is 2. The number of carbonyl (C=O) groups excluding carboxylic acids is 1. The van der Waals surface area contributed by atoms with Gasteiger partial charge in [-0.3, -0.25) is 0 Å². The van der Waals surface area contributed by atoms with Crippen LogP contribution >= 0.6 is 0 Å². The third-order valence-corrected chi connectivity index (χ3v) is 5.83. The van der Waals surface area contributed by atoms with Crippen molar-refractivity contribution in [2.24, 2.45) is 5.41 Å². The summed E-state index contributed by atoms with van der Waals surface area (Å²) in [6.45, 7) is 5.13. The highest BCUT2D eigenvalue weighted by Crippen LogP contribution is 2.36. The van der Waals surface area contributed by atoms with Gasteiger partial charge in [0.25, 0.3) is 0 Å². The van der Waals surface area contributed by atoms with E-state index in [1.807, 2.05) is 31.2 Å². The Morgan fingerprint density at radius 2 is 1.89 bits per heavy atom. The van der Waals surface area contributed by atoms with E-state index >= 15 is 0 Å². The minimum absolute atomic E-state index is 0.294. The monoisotopic (exact) mass is 376 g/mol. The minimum Gasteiger partial charge on any atom is -0.478 e. The minimum atomic E-state index is -0.943. The van der Waals surface area contributed by atoms with E-state index in [1.165, 1.54) is 0 Å². The molecule has 2 aromatic rings. The van der Waals surface area contributed by atoms with Gasteiger partial charge in [0.05, 0.1) is 16.8 Å². The molecule has 1 aliphatic rings. The molecule has 1 heterocycles. The van der Waals surface area contributed by atoms with Crippen molar-refractivity contribution in [1.29, 1.82) is 5.26 Å². The highest BCUT2D eigenvalue weighted by molar-refractivity contribution is 5.89. The van der Waals surface area contributed by atoms with E-state index in [0.717, 1.165) is 28.7 Å². The Morgan fingerprint density at radius 3 is 2.50 bits per heavy atom. The first kappa shape index (κ1) is 19.6. The first-order valence-electron chi connectivity index (χ1n) is 9.43. The highest BCUT2D eigenvalue weighted by Gasteiger charge is 2.35. The molecular weight excluding hydrogens is 352 g/mol. The van der Waals surface area contributed by atoms with Gasteiger partial charge < -0.3 is 14.8 Å². The van der Waals surface area contributed by atoms with Gasteiger partial charge in [-0.25, -0.2) is 4.79 Å². The molecule has 0 saturated carbocycles. The number of anilines is 1. The summed E-state index contributed by atoms with van der Waals surface area (Å²) in [7, 11) is 0. The average Bonchev–Trinajstić information content (AvgIpc) is 2.70. The van der Waals surface area contributed by atoms with Crippen LogP contribution in [0.25, 0.3) is 0 Å². The van der Waals surface area contributed by atoms with Crippen molar-refractivity contribution in [3.63, 3.8) is 0 Å². The lowest BCUT2D eigenvalue weighted by molar-refractivity contribution is -0.117. The molecule has 0 bridgehead atoms. The summed E-state index contributed by atoms with van der Waals surface area (Å²) in [5, 5.41) is 18.8. The third-order valence-electron chi connectivity index (χ3n) is 5.83. The highest BCUT2D eigenvalue weighted by atomic mass is 16.4. The average molecular weight is 376 g/mol. The Hall–Kier alpha value is -3.13. The van der Waals surface area contributed by atoms with E-state index in [9.17, 15) is 20.0 Å². The molecule has 144 valence electrons. The maximum Gasteiger partial charge on any atom is 0.335 e. The molecule has 1 N–H and O–H groups in total. The molecule has 0 aliphatic carbocycles. The molecule has 1 aliphatic heterocycles. The van der Waals surface area contributed by atoms with Crippen molar-refractivity contribution in [3.05, 3.63) is 64.2 Å². The molecule has 0 amide bonds. The molecule has 0 radical (unpaired) electrons. The van der Waals surface area contributed by atoms with Crippen molar-refractivity contribution in [3.8, 4) is 6.07 Å². The van der Waals surface area contributed by atoms with Crippen LogP contribution < -0.4 is 4.90 Å². The quantitative estimate of drug-likeness (QED) is 0.801. The van der Waals surface area contributed by atoms with Crippen molar-refractivity contribution in [2.45, 2.75) is 33.1 Å². The molecule has 0 aromatic heterocycles. The lowest BCUT2D eigenvalue weighted by Gasteiger charge is -2.40. The molecule has 1 saturated heterocycles. The molecule has 5 heteroatoms. The second-order valence-corrected chi connectivity index (χ2v) is 7.67. The lowest BCUT2D eigenvalue weighted by Crippen LogP contribution is -2.42. The van der Waals surface area contributed by atoms with Gasteiger partial charge in [-0.15, -0.1) is 0 Å². The summed E-state index contributed by atoms with van der Waals surface area (Å²) in [6.07, 6.45) is 2.93. The number of benzene rings is 2. The molecule has 0 spiro atoms. The van der Waals surface area contributed by atoms with Crippen LogP contribution in [0.2, 0.25) is 0 Å². The van der Waals surface area contributed by atoms with Crippen molar-refractivity contribution in [1.82, 2.24) is 0 Å².